The number of nitrogens with two attached hydrogens (primary N) is 1. The summed E-state index contributed by atoms with van der Waals surface area (Å²) in [5, 5.41) is 11.4. The molecule has 1 amide bonds. The fraction of sp³-hybridized carbons (Fsp3) is 0.471. The SMILES string of the molecule is CC(=O)Nc1cccc(-n2nnc(CN)c2C2CCCCC2)c1. The first kappa shape index (κ1) is 15.7. The molecule has 3 N–H and O–H groups in total. The highest BCUT2D eigenvalue weighted by Gasteiger charge is 2.24. The third-order valence-corrected chi connectivity index (χ3v) is 4.38. The van der Waals surface area contributed by atoms with Crippen LogP contribution in [0.25, 0.3) is 5.69 Å². The summed E-state index contributed by atoms with van der Waals surface area (Å²) in [6.07, 6.45) is 6.10. The Morgan fingerprint density at radius 1 is 1.35 bits per heavy atom. The molecule has 0 unspecified atom stereocenters. The van der Waals surface area contributed by atoms with Crippen molar-refractivity contribution in [1.29, 1.82) is 0 Å². The molecule has 0 aliphatic heterocycles. The smallest absolute Gasteiger partial charge is 0.221 e. The van der Waals surface area contributed by atoms with Gasteiger partial charge in [0.1, 0.15) is 5.69 Å². The quantitative estimate of drug-likeness (QED) is 0.908. The second-order valence-electron chi connectivity index (χ2n) is 6.10. The van der Waals surface area contributed by atoms with Crippen molar-refractivity contribution in [3.63, 3.8) is 0 Å². The Labute approximate surface area is 136 Å². The Kier molecular flexibility index (Phi) is 4.71. The zero-order chi connectivity index (χ0) is 16.2. The minimum atomic E-state index is -0.0871. The molecule has 1 aromatic heterocycles. The molecule has 1 aliphatic rings. The maximum absolute atomic E-state index is 11.3. The summed E-state index contributed by atoms with van der Waals surface area (Å²) < 4.78 is 1.89. The molecule has 0 spiro atoms. The lowest BCUT2D eigenvalue weighted by Crippen LogP contribution is -2.14. The third-order valence-electron chi connectivity index (χ3n) is 4.38. The molecule has 0 atom stereocenters. The average Bonchev–Trinajstić information content (AvgIpc) is 2.99. The maximum atomic E-state index is 11.3. The van der Waals surface area contributed by atoms with E-state index in [9.17, 15) is 4.79 Å². The van der Waals surface area contributed by atoms with E-state index in [0.29, 0.717) is 12.5 Å². The van der Waals surface area contributed by atoms with Gasteiger partial charge < -0.3 is 11.1 Å². The lowest BCUT2D eigenvalue weighted by molar-refractivity contribution is -0.114. The zero-order valence-corrected chi connectivity index (χ0v) is 13.5. The van der Waals surface area contributed by atoms with Crippen LogP contribution in [0.5, 0.6) is 0 Å². The van der Waals surface area contributed by atoms with Crippen LogP contribution in [0.15, 0.2) is 24.3 Å². The number of benzene rings is 1. The van der Waals surface area contributed by atoms with Crippen LogP contribution in [-0.2, 0) is 11.3 Å². The minimum Gasteiger partial charge on any atom is -0.326 e. The van der Waals surface area contributed by atoms with Gasteiger partial charge in [0.2, 0.25) is 5.91 Å². The van der Waals surface area contributed by atoms with E-state index in [1.165, 1.54) is 26.2 Å². The van der Waals surface area contributed by atoms with Crippen LogP contribution >= 0.6 is 0 Å². The van der Waals surface area contributed by atoms with Crippen LogP contribution in [0.3, 0.4) is 0 Å². The van der Waals surface area contributed by atoms with E-state index in [4.69, 9.17) is 5.73 Å². The highest BCUT2D eigenvalue weighted by Crippen LogP contribution is 2.35. The van der Waals surface area contributed by atoms with Crippen LogP contribution in [0.4, 0.5) is 5.69 Å². The van der Waals surface area contributed by atoms with E-state index in [-0.39, 0.29) is 5.91 Å². The molecular weight excluding hydrogens is 290 g/mol. The van der Waals surface area contributed by atoms with Gasteiger partial charge in [-0.25, -0.2) is 4.68 Å². The van der Waals surface area contributed by atoms with Crippen molar-refractivity contribution < 1.29 is 4.79 Å². The predicted octanol–water partition coefficient (Wildman–Crippen LogP) is 2.73. The van der Waals surface area contributed by atoms with Gasteiger partial charge in [0.05, 0.1) is 11.4 Å². The van der Waals surface area contributed by atoms with Crippen molar-refractivity contribution in [3.05, 3.63) is 35.7 Å². The number of nitrogens with zero attached hydrogens (tertiary/aromatic N) is 3. The van der Waals surface area contributed by atoms with Crippen molar-refractivity contribution >= 4 is 11.6 Å². The van der Waals surface area contributed by atoms with Crippen molar-refractivity contribution in [1.82, 2.24) is 15.0 Å². The van der Waals surface area contributed by atoms with Gasteiger partial charge in [-0.3, -0.25) is 4.79 Å². The first-order valence-electron chi connectivity index (χ1n) is 8.21. The fourth-order valence-electron chi connectivity index (χ4n) is 3.36. The molecule has 1 fully saturated rings. The number of hydrogen-bond acceptors (Lipinski definition) is 4. The molecule has 6 heteroatoms. The van der Waals surface area contributed by atoms with E-state index in [1.54, 1.807) is 0 Å². The van der Waals surface area contributed by atoms with Gasteiger partial charge in [-0.2, -0.15) is 0 Å². The van der Waals surface area contributed by atoms with Crippen molar-refractivity contribution in [2.24, 2.45) is 5.73 Å². The lowest BCUT2D eigenvalue weighted by Gasteiger charge is -2.23. The van der Waals surface area contributed by atoms with Crippen LogP contribution in [0, 0.1) is 0 Å². The summed E-state index contributed by atoms with van der Waals surface area (Å²) in [5.74, 6) is 0.373. The second kappa shape index (κ2) is 6.91. The first-order chi connectivity index (χ1) is 11.2. The molecule has 0 radical (unpaired) electrons. The van der Waals surface area contributed by atoms with Crippen molar-refractivity contribution in [3.8, 4) is 5.69 Å². The topological polar surface area (TPSA) is 85.8 Å². The molecule has 2 aromatic rings. The molecule has 6 nitrogen and oxygen atoms in total. The summed E-state index contributed by atoms with van der Waals surface area (Å²) in [6.45, 7) is 1.90. The Hall–Kier alpha value is -2.21. The van der Waals surface area contributed by atoms with E-state index in [1.807, 2.05) is 28.9 Å². The summed E-state index contributed by atoms with van der Waals surface area (Å²) in [7, 11) is 0. The number of aromatic nitrogens is 3. The minimum absolute atomic E-state index is 0.0871. The Balaban J connectivity index is 1.99. The van der Waals surface area contributed by atoms with E-state index in [2.05, 4.69) is 15.6 Å². The maximum Gasteiger partial charge on any atom is 0.221 e. The number of nitrogens with one attached hydrogen (secondary N) is 1. The third kappa shape index (κ3) is 3.42. The average molecular weight is 313 g/mol. The van der Waals surface area contributed by atoms with Crippen LogP contribution in [0.1, 0.15) is 56.3 Å². The molecule has 3 rings (SSSR count). The fourth-order valence-corrected chi connectivity index (χ4v) is 3.36. The molecular formula is C17H23N5O. The monoisotopic (exact) mass is 313 g/mol. The van der Waals surface area contributed by atoms with Crippen molar-refractivity contribution in [2.45, 2.75) is 51.5 Å². The zero-order valence-electron chi connectivity index (χ0n) is 13.5. The molecule has 1 aromatic carbocycles. The molecule has 0 bridgehead atoms. The van der Waals surface area contributed by atoms with Gasteiger partial charge in [0, 0.05) is 25.1 Å². The van der Waals surface area contributed by atoms with E-state index >= 15 is 0 Å². The molecule has 23 heavy (non-hydrogen) atoms. The van der Waals surface area contributed by atoms with Gasteiger partial charge in [-0.15, -0.1) is 5.10 Å². The van der Waals surface area contributed by atoms with Gasteiger partial charge in [0.15, 0.2) is 0 Å². The molecule has 1 heterocycles. The highest BCUT2D eigenvalue weighted by atomic mass is 16.1. The van der Waals surface area contributed by atoms with Gasteiger partial charge in [0.25, 0.3) is 0 Å². The predicted molar refractivity (Wildman–Crippen MR) is 89.4 cm³/mol. The summed E-state index contributed by atoms with van der Waals surface area (Å²) >= 11 is 0. The molecule has 122 valence electrons. The van der Waals surface area contributed by atoms with E-state index < -0.39 is 0 Å². The highest BCUT2D eigenvalue weighted by molar-refractivity contribution is 5.88. The standard InChI is InChI=1S/C17H23N5O/c1-12(23)19-14-8-5-9-15(10-14)22-17(16(11-18)20-21-22)13-6-3-2-4-7-13/h5,8-10,13H,2-4,6-7,11,18H2,1H3,(H,19,23). The lowest BCUT2D eigenvalue weighted by atomic mass is 9.86. The second-order valence-corrected chi connectivity index (χ2v) is 6.10. The number of carbonyl (C=O) groups excluding carboxylic acids is 1. The molecule has 1 saturated carbocycles. The number of hydrogen-bond donors (Lipinski definition) is 2. The van der Waals surface area contributed by atoms with Gasteiger partial charge in [-0.05, 0) is 31.0 Å². The Bertz CT molecular complexity index is 688. The van der Waals surface area contributed by atoms with E-state index in [0.717, 1.165) is 35.6 Å². The van der Waals surface area contributed by atoms with Crippen LogP contribution in [-0.4, -0.2) is 20.9 Å². The number of anilines is 1. The van der Waals surface area contributed by atoms with Crippen LogP contribution in [0.2, 0.25) is 0 Å². The normalized spacial score (nSPS) is 15.6. The summed E-state index contributed by atoms with van der Waals surface area (Å²) in [5.41, 5.74) is 9.55. The van der Waals surface area contributed by atoms with Gasteiger partial charge >= 0.3 is 0 Å². The van der Waals surface area contributed by atoms with Crippen molar-refractivity contribution in [2.75, 3.05) is 5.32 Å². The summed E-state index contributed by atoms with van der Waals surface area (Å²) in [4.78, 5) is 11.3. The Morgan fingerprint density at radius 2 is 2.13 bits per heavy atom. The summed E-state index contributed by atoms with van der Waals surface area (Å²) in [6, 6.07) is 7.68. The van der Waals surface area contributed by atoms with Crippen LogP contribution < -0.4 is 11.1 Å². The largest absolute Gasteiger partial charge is 0.326 e. The Morgan fingerprint density at radius 3 is 2.83 bits per heavy atom. The van der Waals surface area contributed by atoms with Gasteiger partial charge in [-0.1, -0.05) is 30.5 Å². The first-order valence-corrected chi connectivity index (χ1v) is 8.21. The molecule has 1 aliphatic carbocycles. The number of carbonyl (C=O) groups is 1. The number of rotatable bonds is 4. The molecule has 0 saturated heterocycles. The number of amides is 1.